The first-order valence-corrected chi connectivity index (χ1v) is 6.68. The van der Waals surface area contributed by atoms with Crippen LogP contribution in [0.4, 0.5) is 5.69 Å². The fraction of sp³-hybridized carbons (Fsp3) is 0.0625. The molecule has 2 heterocycles. The highest BCUT2D eigenvalue weighted by Gasteiger charge is 2.18. The maximum Gasteiger partial charge on any atom is 0.343 e. The number of H-pyrrole nitrogens is 1. The molecule has 2 aromatic heterocycles. The SMILES string of the molecule is O=C(O)c1c(NCc2ccncc2)c2ccccc2[nH]c1=O. The van der Waals surface area contributed by atoms with Crippen LogP contribution in [0.1, 0.15) is 15.9 Å². The Morgan fingerprint density at radius 1 is 1.18 bits per heavy atom. The number of fused-ring (bicyclic) bond motifs is 1. The van der Waals surface area contributed by atoms with Crippen molar-refractivity contribution in [2.75, 3.05) is 5.32 Å². The van der Waals surface area contributed by atoms with Crippen LogP contribution < -0.4 is 10.9 Å². The number of pyridine rings is 2. The van der Waals surface area contributed by atoms with Crippen molar-refractivity contribution >= 4 is 22.6 Å². The van der Waals surface area contributed by atoms with Gasteiger partial charge in [0.05, 0.1) is 11.2 Å². The molecule has 0 aliphatic rings. The Morgan fingerprint density at radius 3 is 2.64 bits per heavy atom. The highest BCUT2D eigenvalue weighted by Crippen LogP contribution is 2.24. The molecule has 0 bridgehead atoms. The maximum atomic E-state index is 12.0. The van der Waals surface area contributed by atoms with Crippen LogP contribution in [0.25, 0.3) is 10.9 Å². The van der Waals surface area contributed by atoms with Gasteiger partial charge in [0.1, 0.15) is 5.56 Å². The van der Waals surface area contributed by atoms with Gasteiger partial charge in [-0.2, -0.15) is 0 Å². The van der Waals surface area contributed by atoms with E-state index in [-0.39, 0.29) is 5.56 Å². The number of hydrogen-bond donors (Lipinski definition) is 3. The van der Waals surface area contributed by atoms with Gasteiger partial charge in [-0.1, -0.05) is 18.2 Å². The lowest BCUT2D eigenvalue weighted by Gasteiger charge is -2.12. The van der Waals surface area contributed by atoms with Crippen LogP contribution in [0, 0.1) is 0 Å². The zero-order chi connectivity index (χ0) is 15.5. The van der Waals surface area contributed by atoms with E-state index < -0.39 is 11.5 Å². The van der Waals surface area contributed by atoms with E-state index in [2.05, 4.69) is 15.3 Å². The fourth-order valence-corrected chi connectivity index (χ4v) is 2.32. The molecule has 0 atom stereocenters. The lowest BCUT2D eigenvalue weighted by atomic mass is 10.1. The van der Waals surface area contributed by atoms with Crippen molar-refractivity contribution in [3.63, 3.8) is 0 Å². The molecule has 0 fully saturated rings. The Balaban J connectivity index is 2.11. The number of aromatic nitrogens is 2. The summed E-state index contributed by atoms with van der Waals surface area (Å²) in [5.41, 5.74) is 0.949. The molecule has 3 aromatic rings. The van der Waals surface area contributed by atoms with Crippen molar-refractivity contribution in [2.24, 2.45) is 0 Å². The van der Waals surface area contributed by atoms with Gasteiger partial charge in [0.2, 0.25) is 0 Å². The molecule has 22 heavy (non-hydrogen) atoms. The third-order valence-electron chi connectivity index (χ3n) is 3.35. The van der Waals surface area contributed by atoms with Gasteiger partial charge in [-0.3, -0.25) is 9.78 Å². The van der Waals surface area contributed by atoms with Crippen LogP contribution in [0.3, 0.4) is 0 Å². The van der Waals surface area contributed by atoms with Crippen molar-refractivity contribution in [3.8, 4) is 0 Å². The number of carboxylic acid groups (broad SMARTS) is 1. The summed E-state index contributed by atoms with van der Waals surface area (Å²) in [6, 6.07) is 10.7. The van der Waals surface area contributed by atoms with E-state index in [9.17, 15) is 14.7 Å². The molecule has 3 N–H and O–H groups in total. The van der Waals surface area contributed by atoms with E-state index in [0.29, 0.717) is 23.1 Å². The number of carbonyl (C=O) groups is 1. The average molecular weight is 295 g/mol. The van der Waals surface area contributed by atoms with Crippen LogP contribution in [0.5, 0.6) is 0 Å². The molecule has 0 spiro atoms. The second-order valence-corrected chi connectivity index (χ2v) is 4.76. The van der Waals surface area contributed by atoms with Crippen molar-refractivity contribution in [2.45, 2.75) is 6.54 Å². The van der Waals surface area contributed by atoms with Gasteiger partial charge in [0.15, 0.2) is 0 Å². The molecule has 0 aliphatic carbocycles. The van der Waals surface area contributed by atoms with E-state index in [4.69, 9.17) is 0 Å². The molecule has 110 valence electrons. The first-order chi connectivity index (χ1) is 10.7. The first kappa shape index (κ1) is 13.8. The molecular formula is C16H13N3O3. The molecule has 6 nitrogen and oxygen atoms in total. The standard InChI is InChI=1S/C16H13N3O3/c20-15-13(16(21)22)14(11-3-1-2-4-12(11)19-15)18-9-10-5-7-17-8-6-10/h1-8H,9H2,(H,21,22)(H2,18,19,20). The highest BCUT2D eigenvalue weighted by molar-refractivity contribution is 6.04. The highest BCUT2D eigenvalue weighted by atomic mass is 16.4. The Bertz CT molecular complexity index is 888. The molecule has 0 saturated heterocycles. The number of benzene rings is 1. The van der Waals surface area contributed by atoms with Crippen molar-refractivity contribution in [1.29, 1.82) is 0 Å². The molecular weight excluding hydrogens is 282 g/mol. The van der Waals surface area contributed by atoms with Gasteiger partial charge in [-0.15, -0.1) is 0 Å². The summed E-state index contributed by atoms with van der Waals surface area (Å²) in [5, 5.41) is 13.1. The van der Waals surface area contributed by atoms with Gasteiger partial charge in [-0.05, 0) is 23.8 Å². The van der Waals surface area contributed by atoms with Crippen molar-refractivity contribution in [1.82, 2.24) is 9.97 Å². The number of nitrogens with one attached hydrogen (secondary N) is 2. The summed E-state index contributed by atoms with van der Waals surface area (Å²) in [7, 11) is 0. The molecule has 0 radical (unpaired) electrons. The second kappa shape index (κ2) is 5.69. The zero-order valence-electron chi connectivity index (χ0n) is 11.5. The van der Waals surface area contributed by atoms with Gasteiger partial charge in [0, 0.05) is 24.3 Å². The van der Waals surface area contributed by atoms with Crippen molar-refractivity contribution in [3.05, 3.63) is 70.3 Å². The number of aromatic carboxylic acids is 1. The van der Waals surface area contributed by atoms with E-state index >= 15 is 0 Å². The maximum absolute atomic E-state index is 12.0. The smallest absolute Gasteiger partial charge is 0.343 e. The number of nitrogens with zero attached hydrogens (tertiary/aromatic N) is 1. The van der Waals surface area contributed by atoms with Crippen molar-refractivity contribution < 1.29 is 9.90 Å². The first-order valence-electron chi connectivity index (χ1n) is 6.68. The number of para-hydroxylation sites is 1. The quantitative estimate of drug-likeness (QED) is 0.686. The van der Waals surface area contributed by atoms with E-state index in [1.165, 1.54) is 0 Å². The Labute approximate surface area is 125 Å². The predicted octanol–water partition coefficient (Wildman–Crippen LogP) is 2.23. The molecule has 0 aliphatic heterocycles. The molecule has 0 saturated carbocycles. The number of carboxylic acids is 1. The third kappa shape index (κ3) is 2.54. The van der Waals surface area contributed by atoms with Crippen LogP contribution in [-0.4, -0.2) is 21.0 Å². The molecule has 0 unspecified atom stereocenters. The lowest BCUT2D eigenvalue weighted by Crippen LogP contribution is -2.21. The van der Waals surface area contributed by atoms with Gasteiger partial charge >= 0.3 is 5.97 Å². The Morgan fingerprint density at radius 2 is 1.91 bits per heavy atom. The monoisotopic (exact) mass is 295 g/mol. The van der Waals surface area contributed by atoms with E-state index in [1.807, 2.05) is 12.1 Å². The molecule has 6 heteroatoms. The number of anilines is 1. The summed E-state index contributed by atoms with van der Waals surface area (Å²) in [6.45, 7) is 0.399. The van der Waals surface area contributed by atoms with Gasteiger partial charge in [0.25, 0.3) is 5.56 Å². The minimum absolute atomic E-state index is 0.284. The number of aromatic amines is 1. The number of hydrogen-bond acceptors (Lipinski definition) is 4. The minimum atomic E-state index is -1.26. The Hall–Kier alpha value is -3.15. The Kier molecular flexibility index (Phi) is 3.57. The molecule has 1 aromatic carbocycles. The third-order valence-corrected chi connectivity index (χ3v) is 3.35. The molecule has 0 amide bonds. The summed E-state index contributed by atoms with van der Waals surface area (Å²) < 4.78 is 0. The van der Waals surface area contributed by atoms with Crippen LogP contribution in [0.15, 0.2) is 53.6 Å². The number of rotatable bonds is 4. The van der Waals surface area contributed by atoms with Crippen LogP contribution in [0.2, 0.25) is 0 Å². The zero-order valence-corrected chi connectivity index (χ0v) is 11.5. The van der Waals surface area contributed by atoms with Crippen LogP contribution in [-0.2, 0) is 6.54 Å². The lowest BCUT2D eigenvalue weighted by molar-refractivity contribution is 0.0696. The summed E-state index contributed by atoms with van der Waals surface area (Å²) >= 11 is 0. The molecule has 3 rings (SSSR count). The second-order valence-electron chi connectivity index (χ2n) is 4.76. The summed E-state index contributed by atoms with van der Waals surface area (Å²) in [4.78, 5) is 30.0. The average Bonchev–Trinajstić information content (AvgIpc) is 2.52. The van der Waals surface area contributed by atoms with Gasteiger partial charge in [-0.25, -0.2) is 4.79 Å². The predicted molar refractivity (Wildman–Crippen MR) is 83.1 cm³/mol. The normalized spacial score (nSPS) is 10.5. The fourth-order valence-electron chi connectivity index (χ4n) is 2.32. The summed E-state index contributed by atoms with van der Waals surface area (Å²) in [5.74, 6) is -1.26. The minimum Gasteiger partial charge on any atom is -0.477 e. The van der Waals surface area contributed by atoms with E-state index in [0.717, 1.165) is 5.56 Å². The largest absolute Gasteiger partial charge is 0.477 e. The van der Waals surface area contributed by atoms with E-state index in [1.54, 1.807) is 36.7 Å². The van der Waals surface area contributed by atoms with Gasteiger partial charge < -0.3 is 15.4 Å². The van der Waals surface area contributed by atoms with Crippen LogP contribution >= 0.6 is 0 Å². The summed E-state index contributed by atoms with van der Waals surface area (Å²) in [6.07, 6.45) is 3.32. The topological polar surface area (TPSA) is 95.1 Å².